The minimum atomic E-state index is 0.0168. The van der Waals surface area contributed by atoms with Crippen LogP contribution in [0.5, 0.6) is 0 Å². The molecule has 72 valence electrons. The molecule has 0 spiro atoms. The molecule has 1 aromatic heterocycles. The second-order valence-electron chi connectivity index (χ2n) is 3.01. The average molecular weight is 315 g/mol. The van der Waals surface area contributed by atoms with Crippen LogP contribution >= 0.6 is 33.9 Å². The second-order valence-corrected chi connectivity index (χ2v) is 5.16. The Hall–Kier alpha value is -0.390. The highest BCUT2D eigenvalue weighted by molar-refractivity contribution is 14.1. The quantitative estimate of drug-likeness (QED) is 0.845. The lowest BCUT2D eigenvalue weighted by Crippen LogP contribution is -2.11. The van der Waals surface area contributed by atoms with Crippen LogP contribution in [0, 0.1) is 3.57 Å². The molecule has 0 saturated heterocycles. The summed E-state index contributed by atoms with van der Waals surface area (Å²) in [5.74, 6) is 0. The SMILES string of the molecule is NC(c1cccs1)c1ccccc1I. The Morgan fingerprint density at radius 2 is 1.93 bits per heavy atom. The predicted octanol–water partition coefficient (Wildman–Crippen LogP) is 3.40. The molecule has 0 saturated carbocycles. The van der Waals surface area contributed by atoms with Gasteiger partial charge in [-0.05, 0) is 45.7 Å². The van der Waals surface area contributed by atoms with Crippen molar-refractivity contribution in [2.24, 2.45) is 5.73 Å². The van der Waals surface area contributed by atoms with Crippen molar-refractivity contribution in [3.63, 3.8) is 0 Å². The molecular formula is C11H10INS. The summed E-state index contributed by atoms with van der Waals surface area (Å²) < 4.78 is 1.23. The van der Waals surface area contributed by atoms with E-state index in [0.717, 1.165) is 0 Å². The van der Waals surface area contributed by atoms with Gasteiger partial charge in [-0.1, -0.05) is 24.3 Å². The van der Waals surface area contributed by atoms with Crippen LogP contribution in [0.4, 0.5) is 0 Å². The molecular weight excluding hydrogens is 305 g/mol. The molecule has 0 amide bonds. The van der Waals surface area contributed by atoms with Gasteiger partial charge in [0.25, 0.3) is 0 Å². The Balaban J connectivity index is 2.37. The number of nitrogens with two attached hydrogens (primary N) is 1. The Labute approximate surface area is 101 Å². The summed E-state index contributed by atoms with van der Waals surface area (Å²) in [5, 5.41) is 2.06. The molecule has 0 fully saturated rings. The fourth-order valence-corrected chi connectivity index (χ4v) is 2.82. The smallest absolute Gasteiger partial charge is 0.0656 e. The summed E-state index contributed by atoms with van der Waals surface area (Å²) in [4.78, 5) is 1.22. The molecule has 0 aliphatic rings. The molecule has 2 aromatic rings. The lowest BCUT2D eigenvalue weighted by atomic mass is 10.1. The summed E-state index contributed by atoms with van der Waals surface area (Å²) in [6, 6.07) is 12.4. The van der Waals surface area contributed by atoms with E-state index in [1.54, 1.807) is 11.3 Å². The van der Waals surface area contributed by atoms with Crippen molar-refractivity contribution < 1.29 is 0 Å². The van der Waals surface area contributed by atoms with E-state index in [4.69, 9.17) is 5.73 Å². The molecule has 1 heterocycles. The molecule has 0 radical (unpaired) electrons. The minimum Gasteiger partial charge on any atom is -0.320 e. The van der Waals surface area contributed by atoms with E-state index >= 15 is 0 Å². The molecule has 1 aromatic carbocycles. The molecule has 0 aliphatic carbocycles. The first-order valence-corrected chi connectivity index (χ1v) is 6.28. The van der Waals surface area contributed by atoms with Gasteiger partial charge in [0.15, 0.2) is 0 Å². The number of halogens is 1. The zero-order valence-corrected chi connectivity index (χ0v) is 10.5. The summed E-state index contributed by atoms with van der Waals surface area (Å²) >= 11 is 4.03. The Bertz CT molecular complexity index is 411. The third-order valence-electron chi connectivity index (χ3n) is 2.09. The average Bonchev–Trinajstić information content (AvgIpc) is 2.70. The highest BCUT2D eigenvalue weighted by Crippen LogP contribution is 2.26. The molecule has 1 unspecified atom stereocenters. The normalized spacial score (nSPS) is 12.7. The largest absolute Gasteiger partial charge is 0.320 e. The van der Waals surface area contributed by atoms with Crippen molar-refractivity contribution in [2.75, 3.05) is 0 Å². The molecule has 1 atom stereocenters. The number of hydrogen-bond donors (Lipinski definition) is 1. The third kappa shape index (κ3) is 1.99. The maximum Gasteiger partial charge on any atom is 0.0656 e. The summed E-state index contributed by atoms with van der Waals surface area (Å²) in [6.45, 7) is 0. The van der Waals surface area contributed by atoms with E-state index in [1.807, 2.05) is 18.2 Å². The van der Waals surface area contributed by atoms with Crippen molar-refractivity contribution in [1.82, 2.24) is 0 Å². The van der Waals surface area contributed by atoms with E-state index in [0.29, 0.717) is 0 Å². The van der Waals surface area contributed by atoms with Crippen LogP contribution in [0.1, 0.15) is 16.5 Å². The zero-order valence-electron chi connectivity index (χ0n) is 7.48. The minimum absolute atomic E-state index is 0.0168. The van der Waals surface area contributed by atoms with Crippen LogP contribution in [0.25, 0.3) is 0 Å². The molecule has 14 heavy (non-hydrogen) atoms. The monoisotopic (exact) mass is 315 g/mol. The van der Waals surface area contributed by atoms with Crippen molar-refractivity contribution in [1.29, 1.82) is 0 Å². The lowest BCUT2D eigenvalue weighted by molar-refractivity contribution is 0.887. The van der Waals surface area contributed by atoms with E-state index in [-0.39, 0.29) is 6.04 Å². The predicted molar refractivity (Wildman–Crippen MR) is 69.5 cm³/mol. The summed E-state index contributed by atoms with van der Waals surface area (Å²) in [5.41, 5.74) is 7.37. The summed E-state index contributed by atoms with van der Waals surface area (Å²) in [7, 11) is 0. The molecule has 2 rings (SSSR count). The molecule has 3 heteroatoms. The maximum atomic E-state index is 6.17. The zero-order chi connectivity index (χ0) is 9.97. The van der Waals surface area contributed by atoms with E-state index < -0.39 is 0 Å². The fraction of sp³-hybridized carbons (Fsp3) is 0.0909. The molecule has 2 N–H and O–H groups in total. The van der Waals surface area contributed by atoms with Gasteiger partial charge in [0, 0.05) is 8.45 Å². The molecule has 1 nitrogen and oxygen atoms in total. The number of thiophene rings is 1. The van der Waals surface area contributed by atoms with Gasteiger partial charge < -0.3 is 5.73 Å². The first-order chi connectivity index (χ1) is 6.79. The van der Waals surface area contributed by atoms with Crippen molar-refractivity contribution in [3.8, 4) is 0 Å². The van der Waals surface area contributed by atoms with Crippen molar-refractivity contribution in [3.05, 3.63) is 55.8 Å². The topological polar surface area (TPSA) is 26.0 Å². The van der Waals surface area contributed by atoms with Gasteiger partial charge in [0.05, 0.1) is 6.04 Å². The van der Waals surface area contributed by atoms with Gasteiger partial charge in [0.1, 0.15) is 0 Å². The summed E-state index contributed by atoms with van der Waals surface area (Å²) in [6.07, 6.45) is 0. The van der Waals surface area contributed by atoms with Gasteiger partial charge in [-0.25, -0.2) is 0 Å². The van der Waals surface area contributed by atoms with E-state index in [2.05, 4.69) is 46.2 Å². The lowest BCUT2D eigenvalue weighted by Gasteiger charge is -2.11. The Morgan fingerprint density at radius 3 is 2.57 bits per heavy atom. The number of rotatable bonds is 2. The number of hydrogen-bond acceptors (Lipinski definition) is 2. The first-order valence-electron chi connectivity index (χ1n) is 4.32. The van der Waals surface area contributed by atoms with Crippen molar-refractivity contribution >= 4 is 33.9 Å². The third-order valence-corrected chi connectivity index (χ3v) is 4.03. The van der Waals surface area contributed by atoms with E-state index in [1.165, 1.54) is 14.0 Å². The van der Waals surface area contributed by atoms with Crippen LogP contribution in [-0.4, -0.2) is 0 Å². The standard InChI is InChI=1S/C11H10INS/c12-9-5-2-1-4-8(9)11(13)10-6-3-7-14-10/h1-7,11H,13H2. The number of benzene rings is 1. The van der Waals surface area contributed by atoms with Gasteiger partial charge >= 0.3 is 0 Å². The first kappa shape index (κ1) is 10.1. The Kier molecular flexibility index (Phi) is 3.20. The highest BCUT2D eigenvalue weighted by Gasteiger charge is 2.11. The van der Waals surface area contributed by atoms with Gasteiger partial charge in [-0.15, -0.1) is 11.3 Å². The Morgan fingerprint density at radius 1 is 1.14 bits per heavy atom. The van der Waals surface area contributed by atoms with Gasteiger partial charge in [0.2, 0.25) is 0 Å². The van der Waals surface area contributed by atoms with Crippen LogP contribution < -0.4 is 5.73 Å². The van der Waals surface area contributed by atoms with Crippen LogP contribution in [-0.2, 0) is 0 Å². The second kappa shape index (κ2) is 4.42. The molecule has 0 aliphatic heterocycles. The van der Waals surface area contributed by atoms with Gasteiger partial charge in [-0.2, -0.15) is 0 Å². The van der Waals surface area contributed by atoms with Crippen LogP contribution in [0.3, 0.4) is 0 Å². The fourth-order valence-electron chi connectivity index (χ4n) is 1.35. The van der Waals surface area contributed by atoms with Crippen LogP contribution in [0.2, 0.25) is 0 Å². The maximum absolute atomic E-state index is 6.17. The van der Waals surface area contributed by atoms with Gasteiger partial charge in [-0.3, -0.25) is 0 Å². The van der Waals surface area contributed by atoms with Crippen molar-refractivity contribution in [2.45, 2.75) is 6.04 Å². The highest BCUT2D eigenvalue weighted by atomic mass is 127. The van der Waals surface area contributed by atoms with Crippen LogP contribution in [0.15, 0.2) is 41.8 Å². The van der Waals surface area contributed by atoms with E-state index in [9.17, 15) is 0 Å². The molecule has 0 bridgehead atoms.